The summed E-state index contributed by atoms with van der Waals surface area (Å²) in [5, 5.41) is 1.91. The number of aromatic amines is 1. The maximum Gasteiger partial charge on any atom is 0.260 e. The zero-order valence-corrected chi connectivity index (χ0v) is 13.8. The fourth-order valence-electron chi connectivity index (χ4n) is 3.17. The Morgan fingerprint density at radius 1 is 1.17 bits per heavy atom. The van der Waals surface area contributed by atoms with E-state index >= 15 is 0 Å². The van der Waals surface area contributed by atoms with Gasteiger partial charge < -0.3 is 14.6 Å². The first-order valence-electron chi connectivity index (χ1n) is 7.95. The minimum absolute atomic E-state index is 0.00532. The number of carbonyl (C=O) groups is 1. The van der Waals surface area contributed by atoms with Gasteiger partial charge in [0.2, 0.25) is 0 Å². The van der Waals surface area contributed by atoms with Gasteiger partial charge >= 0.3 is 0 Å². The van der Waals surface area contributed by atoms with E-state index in [2.05, 4.69) is 17.1 Å². The number of ether oxygens (including phenoxy) is 1. The number of hydrogen-bond acceptors (Lipinski definition) is 2. The number of fused-ring (bicyclic) bond motifs is 3. The Morgan fingerprint density at radius 2 is 1.96 bits per heavy atom. The lowest BCUT2D eigenvalue weighted by Gasteiger charge is -2.27. The lowest BCUT2D eigenvalue weighted by molar-refractivity contribution is -0.134. The second-order valence-corrected chi connectivity index (χ2v) is 6.37. The molecule has 1 aliphatic heterocycles. The van der Waals surface area contributed by atoms with Crippen molar-refractivity contribution in [1.29, 1.82) is 0 Å². The SMILES string of the molecule is O=C(COc1ccc(Cl)cc1)N1CCc2c([nH]c3ccccc23)C1. The fraction of sp³-hybridized carbons (Fsp3) is 0.211. The average Bonchev–Trinajstić information content (AvgIpc) is 2.98. The Kier molecular flexibility index (Phi) is 3.90. The molecular formula is C19H17ClN2O2. The number of benzene rings is 2. The van der Waals surface area contributed by atoms with Gasteiger partial charge in [-0.25, -0.2) is 0 Å². The van der Waals surface area contributed by atoms with E-state index in [4.69, 9.17) is 16.3 Å². The largest absolute Gasteiger partial charge is 0.484 e. The van der Waals surface area contributed by atoms with Gasteiger partial charge in [-0.2, -0.15) is 0 Å². The van der Waals surface area contributed by atoms with Gasteiger partial charge in [0.05, 0.1) is 6.54 Å². The maximum atomic E-state index is 12.4. The van der Waals surface area contributed by atoms with E-state index < -0.39 is 0 Å². The summed E-state index contributed by atoms with van der Waals surface area (Å²) >= 11 is 5.84. The normalized spacial score (nSPS) is 13.8. The Balaban J connectivity index is 1.44. The molecule has 0 aliphatic carbocycles. The van der Waals surface area contributed by atoms with Crippen molar-refractivity contribution in [2.24, 2.45) is 0 Å². The van der Waals surface area contributed by atoms with E-state index in [9.17, 15) is 4.79 Å². The summed E-state index contributed by atoms with van der Waals surface area (Å²) in [5.74, 6) is 0.644. The predicted octanol–water partition coefficient (Wildman–Crippen LogP) is 3.79. The van der Waals surface area contributed by atoms with Crippen LogP contribution in [-0.2, 0) is 17.8 Å². The lowest BCUT2D eigenvalue weighted by Crippen LogP contribution is -2.38. The van der Waals surface area contributed by atoms with Crippen LogP contribution in [0.3, 0.4) is 0 Å². The molecule has 1 aliphatic rings. The molecule has 1 aromatic heterocycles. The highest BCUT2D eigenvalue weighted by Crippen LogP contribution is 2.27. The molecule has 4 nitrogen and oxygen atoms in total. The van der Waals surface area contributed by atoms with Crippen LogP contribution in [0, 0.1) is 0 Å². The number of amides is 1. The molecule has 0 saturated heterocycles. The summed E-state index contributed by atoms with van der Waals surface area (Å²) in [6.07, 6.45) is 0.867. The third-order valence-electron chi connectivity index (χ3n) is 4.41. The number of carbonyl (C=O) groups excluding carboxylic acids is 1. The van der Waals surface area contributed by atoms with Crippen molar-refractivity contribution in [2.75, 3.05) is 13.2 Å². The first kappa shape index (κ1) is 15.1. The minimum atomic E-state index is -0.00532. The minimum Gasteiger partial charge on any atom is -0.484 e. The molecular weight excluding hydrogens is 324 g/mol. The second kappa shape index (κ2) is 6.21. The average molecular weight is 341 g/mol. The first-order valence-corrected chi connectivity index (χ1v) is 8.33. The van der Waals surface area contributed by atoms with Crippen molar-refractivity contribution in [3.05, 3.63) is 64.8 Å². The topological polar surface area (TPSA) is 45.3 Å². The summed E-state index contributed by atoms with van der Waals surface area (Å²) in [4.78, 5) is 17.7. The molecule has 0 fully saturated rings. The van der Waals surface area contributed by atoms with Crippen LogP contribution in [-0.4, -0.2) is 28.9 Å². The smallest absolute Gasteiger partial charge is 0.260 e. The van der Waals surface area contributed by atoms with Gasteiger partial charge in [-0.15, -0.1) is 0 Å². The van der Waals surface area contributed by atoms with E-state index in [-0.39, 0.29) is 12.5 Å². The molecule has 0 spiro atoms. The highest BCUT2D eigenvalue weighted by atomic mass is 35.5. The number of nitrogens with zero attached hydrogens (tertiary/aromatic N) is 1. The molecule has 0 radical (unpaired) electrons. The standard InChI is InChI=1S/C19H17ClN2O2/c20-13-5-7-14(8-6-13)24-12-19(23)22-10-9-16-15-3-1-2-4-17(15)21-18(16)11-22/h1-8,21H,9-12H2. The highest BCUT2D eigenvalue weighted by molar-refractivity contribution is 6.30. The third kappa shape index (κ3) is 2.85. The molecule has 0 atom stereocenters. The van der Waals surface area contributed by atoms with Gasteiger partial charge in [-0.05, 0) is 42.3 Å². The number of rotatable bonds is 3. The molecule has 5 heteroatoms. The molecule has 0 bridgehead atoms. The Morgan fingerprint density at radius 3 is 2.79 bits per heavy atom. The summed E-state index contributed by atoms with van der Waals surface area (Å²) in [5.41, 5.74) is 3.59. The van der Waals surface area contributed by atoms with E-state index in [1.54, 1.807) is 24.3 Å². The zero-order valence-electron chi connectivity index (χ0n) is 13.1. The van der Waals surface area contributed by atoms with Crippen LogP contribution >= 0.6 is 11.6 Å². The van der Waals surface area contributed by atoms with Crippen molar-refractivity contribution in [3.8, 4) is 5.75 Å². The quantitative estimate of drug-likeness (QED) is 0.788. The van der Waals surface area contributed by atoms with Gasteiger partial charge in [0.1, 0.15) is 5.75 Å². The monoisotopic (exact) mass is 340 g/mol. The van der Waals surface area contributed by atoms with Crippen LogP contribution in [0.4, 0.5) is 0 Å². The van der Waals surface area contributed by atoms with Crippen LogP contribution in [0.5, 0.6) is 5.75 Å². The molecule has 4 rings (SSSR count). The summed E-state index contributed by atoms with van der Waals surface area (Å²) in [6.45, 7) is 1.36. The van der Waals surface area contributed by atoms with Crippen LogP contribution in [0.25, 0.3) is 10.9 Å². The van der Waals surface area contributed by atoms with E-state index in [1.165, 1.54) is 10.9 Å². The third-order valence-corrected chi connectivity index (χ3v) is 4.66. The van der Waals surface area contributed by atoms with Crippen LogP contribution < -0.4 is 4.74 Å². The molecule has 122 valence electrons. The Hall–Kier alpha value is -2.46. The summed E-state index contributed by atoms with van der Waals surface area (Å²) in [7, 11) is 0. The molecule has 0 unspecified atom stereocenters. The van der Waals surface area contributed by atoms with Gasteiger partial charge in [0.15, 0.2) is 6.61 Å². The lowest BCUT2D eigenvalue weighted by atomic mass is 10.0. The zero-order chi connectivity index (χ0) is 16.5. The van der Waals surface area contributed by atoms with Crippen LogP contribution in [0.1, 0.15) is 11.3 Å². The van der Waals surface area contributed by atoms with Crippen LogP contribution in [0.2, 0.25) is 5.02 Å². The van der Waals surface area contributed by atoms with Crippen molar-refractivity contribution in [1.82, 2.24) is 9.88 Å². The van der Waals surface area contributed by atoms with Gasteiger partial charge in [0, 0.05) is 28.2 Å². The fourth-order valence-corrected chi connectivity index (χ4v) is 3.30. The van der Waals surface area contributed by atoms with Crippen molar-refractivity contribution >= 4 is 28.4 Å². The number of para-hydroxylation sites is 1. The Labute approximate surface area is 145 Å². The number of aromatic nitrogens is 1. The second-order valence-electron chi connectivity index (χ2n) is 5.94. The Bertz CT molecular complexity index is 886. The van der Waals surface area contributed by atoms with E-state index in [0.717, 1.165) is 24.2 Å². The van der Waals surface area contributed by atoms with Gasteiger partial charge in [0.25, 0.3) is 5.91 Å². The van der Waals surface area contributed by atoms with Gasteiger partial charge in [-0.3, -0.25) is 4.79 Å². The highest BCUT2D eigenvalue weighted by Gasteiger charge is 2.23. The molecule has 1 N–H and O–H groups in total. The predicted molar refractivity (Wildman–Crippen MR) is 94.4 cm³/mol. The summed E-state index contributed by atoms with van der Waals surface area (Å²) in [6, 6.07) is 15.3. The molecule has 0 saturated carbocycles. The molecule has 24 heavy (non-hydrogen) atoms. The number of hydrogen-bond donors (Lipinski definition) is 1. The number of H-pyrrole nitrogens is 1. The van der Waals surface area contributed by atoms with Crippen molar-refractivity contribution < 1.29 is 9.53 Å². The number of halogens is 1. The molecule has 2 aromatic carbocycles. The molecule has 2 heterocycles. The van der Waals surface area contributed by atoms with E-state index in [0.29, 0.717) is 17.3 Å². The maximum absolute atomic E-state index is 12.4. The van der Waals surface area contributed by atoms with Crippen molar-refractivity contribution in [2.45, 2.75) is 13.0 Å². The first-order chi connectivity index (χ1) is 11.7. The molecule has 1 amide bonds. The molecule has 3 aromatic rings. The van der Waals surface area contributed by atoms with Crippen LogP contribution in [0.15, 0.2) is 48.5 Å². The van der Waals surface area contributed by atoms with Crippen molar-refractivity contribution in [3.63, 3.8) is 0 Å². The summed E-state index contributed by atoms with van der Waals surface area (Å²) < 4.78 is 5.56. The van der Waals surface area contributed by atoms with E-state index in [1.807, 2.05) is 17.0 Å². The number of nitrogens with one attached hydrogen (secondary N) is 1. The van der Waals surface area contributed by atoms with Gasteiger partial charge in [-0.1, -0.05) is 29.8 Å².